The number of nitrogens with zero attached hydrogens (tertiary/aromatic N) is 1. The van der Waals surface area contributed by atoms with E-state index in [0.717, 1.165) is 5.52 Å². The van der Waals surface area contributed by atoms with Gasteiger partial charge in [-0.25, -0.2) is 13.2 Å². The quantitative estimate of drug-likeness (QED) is 0.872. The number of fused-ring (bicyclic) bond motifs is 1. The Kier molecular flexibility index (Phi) is 2.94. The molecule has 0 spiro atoms. The number of hydrogen-bond donors (Lipinski definition) is 1. The number of aromatic amines is 1. The molecule has 1 saturated heterocycles. The third-order valence-corrected chi connectivity index (χ3v) is 5.62. The normalized spacial score (nSPS) is 19.8. The van der Waals surface area contributed by atoms with Crippen molar-refractivity contribution in [1.29, 1.82) is 0 Å². The van der Waals surface area contributed by atoms with E-state index in [1.165, 1.54) is 0 Å². The molecule has 0 amide bonds. The number of H-pyrrole nitrogens is 1. The van der Waals surface area contributed by atoms with Crippen molar-refractivity contribution in [3.05, 3.63) is 33.7 Å². The van der Waals surface area contributed by atoms with Gasteiger partial charge in [0, 0.05) is 6.04 Å². The maximum absolute atomic E-state index is 12.1. The summed E-state index contributed by atoms with van der Waals surface area (Å²) in [5.74, 6) is 0.273. The van der Waals surface area contributed by atoms with Gasteiger partial charge in [-0.05, 0) is 25.0 Å². The minimum absolute atomic E-state index is 0.0803. The molecule has 0 bridgehead atoms. The fourth-order valence-electron chi connectivity index (χ4n) is 2.61. The first-order chi connectivity index (χ1) is 8.98. The molecule has 0 unspecified atom stereocenters. The van der Waals surface area contributed by atoms with E-state index in [4.69, 9.17) is 11.6 Å². The molecule has 1 fully saturated rings. The molecule has 7 heteroatoms. The van der Waals surface area contributed by atoms with Crippen LogP contribution in [-0.4, -0.2) is 29.5 Å². The number of para-hydroxylation sites is 1. The van der Waals surface area contributed by atoms with Crippen LogP contribution < -0.4 is 5.69 Å². The molecule has 1 aliphatic heterocycles. The van der Waals surface area contributed by atoms with E-state index in [1.54, 1.807) is 16.7 Å². The lowest BCUT2D eigenvalue weighted by Crippen LogP contribution is -2.30. The summed E-state index contributed by atoms with van der Waals surface area (Å²) in [5.41, 5.74) is 1.12. The standard InChI is InChI=1S/C12H13ClN2O3S/c13-9-2-1-3-10-11(9)14-12(16)15(10)8-4-6-19(17,18)7-5-8/h1-3,8H,4-7H2,(H,14,16). The molecule has 2 heterocycles. The molecule has 1 aromatic heterocycles. The molecule has 0 atom stereocenters. The van der Waals surface area contributed by atoms with Crippen molar-refractivity contribution < 1.29 is 8.42 Å². The Labute approximate surface area is 115 Å². The highest BCUT2D eigenvalue weighted by molar-refractivity contribution is 7.91. The highest BCUT2D eigenvalue weighted by atomic mass is 35.5. The average molecular weight is 301 g/mol. The fraction of sp³-hybridized carbons (Fsp3) is 0.417. The number of imidazole rings is 1. The van der Waals surface area contributed by atoms with Crippen LogP contribution in [0.3, 0.4) is 0 Å². The zero-order chi connectivity index (χ0) is 13.6. The van der Waals surface area contributed by atoms with Crippen LogP contribution in [0.25, 0.3) is 11.0 Å². The SMILES string of the molecule is O=c1[nH]c2c(Cl)cccc2n1C1CCS(=O)(=O)CC1. The van der Waals surface area contributed by atoms with E-state index in [9.17, 15) is 13.2 Å². The van der Waals surface area contributed by atoms with Crippen LogP contribution in [0.4, 0.5) is 0 Å². The highest BCUT2D eigenvalue weighted by Crippen LogP contribution is 2.28. The van der Waals surface area contributed by atoms with Crippen molar-refractivity contribution in [3.8, 4) is 0 Å². The molecule has 2 aromatic rings. The Morgan fingerprint density at radius 1 is 1.26 bits per heavy atom. The molecule has 0 radical (unpaired) electrons. The first-order valence-electron chi connectivity index (χ1n) is 6.07. The third-order valence-electron chi connectivity index (χ3n) is 3.59. The Balaban J connectivity index is 2.09. The molecular formula is C12H13ClN2O3S. The second kappa shape index (κ2) is 4.38. The lowest BCUT2D eigenvalue weighted by atomic mass is 10.1. The number of halogens is 1. The summed E-state index contributed by atoms with van der Waals surface area (Å²) < 4.78 is 24.5. The number of nitrogens with one attached hydrogen (secondary N) is 1. The monoisotopic (exact) mass is 300 g/mol. The largest absolute Gasteiger partial charge is 0.326 e. The van der Waals surface area contributed by atoms with Gasteiger partial charge >= 0.3 is 5.69 Å². The summed E-state index contributed by atoms with van der Waals surface area (Å²) in [6.45, 7) is 0. The van der Waals surface area contributed by atoms with E-state index < -0.39 is 9.84 Å². The Morgan fingerprint density at radius 2 is 1.95 bits per heavy atom. The van der Waals surface area contributed by atoms with Crippen molar-refractivity contribution in [2.45, 2.75) is 18.9 Å². The van der Waals surface area contributed by atoms with E-state index in [1.807, 2.05) is 6.07 Å². The van der Waals surface area contributed by atoms with Crippen LogP contribution >= 0.6 is 11.6 Å². The van der Waals surface area contributed by atoms with Crippen molar-refractivity contribution in [2.24, 2.45) is 0 Å². The van der Waals surface area contributed by atoms with Gasteiger partial charge in [0.1, 0.15) is 9.84 Å². The van der Waals surface area contributed by atoms with Gasteiger partial charge in [-0.1, -0.05) is 17.7 Å². The molecule has 3 rings (SSSR count). The van der Waals surface area contributed by atoms with Crippen LogP contribution in [0.15, 0.2) is 23.0 Å². The average Bonchev–Trinajstić information content (AvgIpc) is 2.68. The van der Waals surface area contributed by atoms with Crippen LogP contribution in [0.2, 0.25) is 5.02 Å². The first-order valence-corrected chi connectivity index (χ1v) is 8.27. The third kappa shape index (κ3) is 2.19. The van der Waals surface area contributed by atoms with E-state index in [-0.39, 0.29) is 23.2 Å². The van der Waals surface area contributed by atoms with Crippen molar-refractivity contribution >= 4 is 32.5 Å². The molecule has 19 heavy (non-hydrogen) atoms. The van der Waals surface area contributed by atoms with Gasteiger partial charge in [-0.3, -0.25) is 4.57 Å². The summed E-state index contributed by atoms with van der Waals surface area (Å²) in [6, 6.07) is 5.24. The zero-order valence-electron chi connectivity index (χ0n) is 10.1. The van der Waals surface area contributed by atoms with E-state index >= 15 is 0 Å². The first kappa shape index (κ1) is 12.7. The Morgan fingerprint density at radius 3 is 2.63 bits per heavy atom. The van der Waals surface area contributed by atoms with E-state index in [0.29, 0.717) is 23.4 Å². The number of rotatable bonds is 1. The van der Waals surface area contributed by atoms with Gasteiger partial charge < -0.3 is 4.98 Å². The number of sulfone groups is 1. The summed E-state index contributed by atoms with van der Waals surface area (Å²) in [6.07, 6.45) is 0.948. The zero-order valence-corrected chi connectivity index (χ0v) is 11.7. The topological polar surface area (TPSA) is 71.9 Å². The molecule has 1 aliphatic rings. The summed E-state index contributed by atoms with van der Waals surface area (Å²) in [7, 11) is -2.93. The van der Waals surface area contributed by atoms with Gasteiger partial charge in [-0.15, -0.1) is 0 Å². The summed E-state index contributed by atoms with van der Waals surface area (Å²) >= 11 is 6.05. The van der Waals surface area contributed by atoms with Crippen LogP contribution in [0, 0.1) is 0 Å². The van der Waals surface area contributed by atoms with Gasteiger partial charge in [0.25, 0.3) is 0 Å². The van der Waals surface area contributed by atoms with Crippen LogP contribution in [0.5, 0.6) is 0 Å². The molecule has 0 saturated carbocycles. The Bertz CT molecular complexity index is 777. The molecular weight excluding hydrogens is 288 g/mol. The van der Waals surface area contributed by atoms with Crippen molar-refractivity contribution in [1.82, 2.24) is 9.55 Å². The molecule has 0 aliphatic carbocycles. The number of hydrogen-bond acceptors (Lipinski definition) is 3. The predicted molar refractivity (Wildman–Crippen MR) is 74.5 cm³/mol. The molecule has 102 valence electrons. The van der Waals surface area contributed by atoms with Gasteiger partial charge in [-0.2, -0.15) is 0 Å². The van der Waals surface area contributed by atoms with Crippen LogP contribution in [0.1, 0.15) is 18.9 Å². The maximum atomic E-state index is 12.1. The second-order valence-corrected chi connectivity index (χ2v) is 7.53. The van der Waals surface area contributed by atoms with Crippen LogP contribution in [-0.2, 0) is 9.84 Å². The molecule has 1 aromatic carbocycles. The predicted octanol–water partition coefficient (Wildman–Crippen LogP) is 1.73. The van der Waals surface area contributed by atoms with Gasteiger partial charge in [0.15, 0.2) is 0 Å². The lowest BCUT2D eigenvalue weighted by Gasteiger charge is -2.23. The molecule has 1 N–H and O–H groups in total. The fourth-order valence-corrected chi connectivity index (χ4v) is 4.30. The summed E-state index contributed by atoms with van der Waals surface area (Å²) in [4.78, 5) is 14.8. The van der Waals surface area contributed by atoms with Gasteiger partial charge in [0.05, 0.1) is 27.6 Å². The second-order valence-electron chi connectivity index (χ2n) is 4.82. The van der Waals surface area contributed by atoms with Crippen molar-refractivity contribution in [3.63, 3.8) is 0 Å². The van der Waals surface area contributed by atoms with Crippen molar-refractivity contribution in [2.75, 3.05) is 11.5 Å². The minimum Gasteiger partial charge on any atom is -0.304 e. The lowest BCUT2D eigenvalue weighted by molar-refractivity contribution is 0.450. The van der Waals surface area contributed by atoms with E-state index in [2.05, 4.69) is 4.98 Å². The summed E-state index contributed by atoms with van der Waals surface area (Å²) in [5, 5.41) is 0.497. The maximum Gasteiger partial charge on any atom is 0.326 e. The Hall–Kier alpha value is -1.27. The minimum atomic E-state index is -2.93. The number of aromatic nitrogens is 2. The number of benzene rings is 1. The van der Waals surface area contributed by atoms with Gasteiger partial charge in [0.2, 0.25) is 0 Å². The molecule has 5 nitrogen and oxygen atoms in total. The highest BCUT2D eigenvalue weighted by Gasteiger charge is 2.27. The smallest absolute Gasteiger partial charge is 0.304 e.